The third-order valence-corrected chi connectivity index (χ3v) is 2.82. The number of hydrogen-bond acceptors (Lipinski definition) is 0. The zero-order chi connectivity index (χ0) is 9.10. The Kier molecular flexibility index (Phi) is 2.49. The van der Waals surface area contributed by atoms with Gasteiger partial charge in [-0.25, -0.2) is 0 Å². The predicted octanol–water partition coefficient (Wildman–Crippen LogP) is 3.82. The summed E-state index contributed by atoms with van der Waals surface area (Å²) in [5, 5.41) is 0. The Morgan fingerprint density at radius 3 is 2.46 bits per heavy atom. The topological polar surface area (TPSA) is 0 Å². The minimum absolute atomic E-state index is 0.769. The molecule has 0 radical (unpaired) electrons. The maximum atomic E-state index is 2.31. The molecule has 1 aromatic rings. The van der Waals surface area contributed by atoms with Crippen LogP contribution in [0.3, 0.4) is 0 Å². The van der Waals surface area contributed by atoms with Gasteiger partial charge in [-0.2, -0.15) is 0 Å². The Morgan fingerprint density at radius 2 is 1.85 bits per heavy atom. The molecule has 0 saturated carbocycles. The largest absolute Gasteiger partial charge is 0.0885 e. The van der Waals surface area contributed by atoms with Crippen LogP contribution in [0.2, 0.25) is 0 Å². The Bertz CT molecular complexity index is 292. The molecule has 0 heteroatoms. The number of aryl methyl sites for hydroxylation is 1. The van der Waals surface area contributed by atoms with Crippen LogP contribution in [0.1, 0.15) is 36.3 Å². The molecule has 0 unspecified atom stereocenters. The highest BCUT2D eigenvalue weighted by atomic mass is 14.2. The maximum Gasteiger partial charge on any atom is -0.0124 e. The summed E-state index contributed by atoms with van der Waals surface area (Å²) in [5.74, 6) is 0.769. The van der Waals surface area contributed by atoms with E-state index in [4.69, 9.17) is 0 Å². The van der Waals surface area contributed by atoms with Crippen molar-refractivity contribution in [2.45, 2.75) is 32.1 Å². The Morgan fingerprint density at radius 1 is 1.08 bits per heavy atom. The fraction of sp³-hybridized carbons (Fsp3) is 0.385. The average molecular weight is 172 g/mol. The molecule has 0 bridgehead atoms. The molecule has 1 atom stereocenters. The van der Waals surface area contributed by atoms with Crippen LogP contribution in [0.5, 0.6) is 0 Å². The van der Waals surface area contributed by atoms with Gasteiger partial charge in [0.05, 0.1) is 0 Å². The molecular formula is C13H16. The summed E-state index contributed by atoms with van der Waals surface area (Å²) in [4.78, 5) is 0. The third-order valence-electron chi connectivity index (χ3n) is 2.82. The number of hydrogen-bond donors (Lipinski definition) is 0. The molecule has 2 rings (SSSR count). The standard InChI is InChI=1S/C13H16/c1-11-7-9-13(10-8-11)12-5-3-2-4-6-12/h2-3,7-10,12H,4-6H2,1H3/t12-/m1/s1. The molecule has 0 N–H and O–H groups in total. The van der Waals surface area contributed by atoms with Crippen LogP contribution in [-0.4, -0.2) is 0 Å². The number of rotatable bonds is 1. The first-order valence-corrected chi connectivity index (χ1v) is 5.08. The van der Waals surface area contributed by atoms with Crippen molar-refractivity contribution in [2.75, 3.05) is 0 Å². The van der Waals surface area contributed by atoms with Gasteiger partial charge in [-0.1, -0.05) is 42.0 Å². The molecule has 0 aliphatic heterocycles. The van der Waals surface area contributed by atoms with Crippen LogP contribution < -0.4 is 0 Å². The molecule has 68 valence electrons. The van der Waals surface area contributed by atoms with Crippen molar-refractivity contribution in [1.29, 1.82) is 0 Å². The van der Waals surface area contributed by atoms with Crippen LogP contribution >= 0.6 is 0 Å². The monoisotopic (exact) mass is 172 g/mol. The maximum absolute atomic E-state index is 2.31. The Hall–Kier alpha value is -1.04. The first-order chi connectivity index (χ1) is 6.36. The fourth-order valence-electron chi connectivity index (χ4n) is 1.93. The summed E-state index contributed by atoms with van der Waals surface area (Å²) in [6.07, 6.45) is 8.40. The summed E-state index contributed by atoms with van der Waals surface area (Å²) in [6, 6.07) is 8.99. The van der Waals surface area contributed by atoms with E-state index in [9.17, 15) is 0 Å². The lowest BCUT2D eigenvalue weighted by molar-refractivity contribution is 0.617. The predicted molar refractivity (Wildman–Crippen MR) is 56.9 cm³/mol. The molecular weight excluding hydrogens is 156 g/mol. The van der Waals surface area contributed by atoms with E-state index in [0.717, 1.165) is 5.92 Å². The van der Waals surface area contributed by atoms with E-state index < -0.39 is 0 Å². The molecule has 0 amide bonds. The minimum atomic E-state index is 0.769. The zero-order valence-electron chi connectivity index (χ0n) is 8.16. The normalized spacial score (nSPS) is 21.8. The van der Waals surface area contributed by atoms with E-state index in [1.165, 1.54) is 30.4 Å². The summed E-state index contributed by atoms with van der Waals surface area (Å²) < 4.78 is 0. The highest BCUT2D eigenvalue weighted by Crippen LogP contribution is 2.28. The van der Waals surface area contributed by atoms with Gasteiger partial charge in [-0.05, 0) is 37.7 Å². The van der Waals surface area contributed by atoms with Crippen LogP contribution in [-0.2, 0) is 0 Å². The third kappa shape index (κ3) is 2.00. The van der Waals surface area contributed by atoms with Crippen LogP contribution in [0.25, 0.3) is 0 Å². The lowest BCUT2D eigenvalue weighted by Gasteiger charge is -2.17. The highest BCUT2D eigenvalue weighted by Gasteiger charge is 2.11. The molecule has 0 nitrogen and oxygen atoms in total. The molecule has 1 aliphatic rings. The average Bonchev–Trinajstić information content (AvgIpc) is 2.20. The van der Waals surface area contributed by atoms with Gasteiger partial charge in [0.15, 0.2) is 0 Å². The van der Waals surface area contributed by atoms with E-state index in [0.29, 0.717) is 0 Å². The van der Waals surface area contributed by atoms with E-state index in [-0.39, 0.29) is 0 Å². The fourth-order valence-corrected chi connectivity index (χ4v) is 1.93. The number of allylic oxidation sites excluding steroid dienone is 2. The zero-order valence-corrected chi connectivity index (χ0v) is 8.16. The SMILES string of the molecule is Cc1ccc([C@@H]2CC=CCC2)cc1. The van der Waals surface area contributed by atoms with Gasteiger partial charge >= 0.3 is 0 Å². The molecule has 1 aromatic carbocycles. The molecule has 0 spiro atoms. The minimum Gasteiger partial charge on any atom is -0.0885 e. The van der Waals surface area contributed by atoms with Crippen molar-refractivity contribution in [3.63, 3.8) is 0 Å². The summed E-state index contributed by atoms with van der Waals surface area (Å²) in [6.45, 7) is 2.14. The van der Waals surface area contributed by atoms with E-state index in [1.807, 2.05) is 0 Å². The Balaban J connectivity index is 2.15. The lowest BCUT2D eigenvalue weighted by atomic mass is 9.87. The smallest absolute Gasteiger partial charge is 0.0124 e. The first-order valence-electron chi connectivity index (χ1n) is 5.08. The van der Waals surface area contributed by atoms with Gasteiger partial charge in [0.2, 0.25) is 0 Å². The lowest BCUT2D eigenvalue weighted by Crippen LogP contribution is -2.00. The van der Waals surface area contributed by atoms with E-state index in [2.05, 4.69) is 43.3 Å². The molecule has 0 saturated heterocycles. The van der Waals surface area contributed by atoms with Crippen molar-refractivity contribution in [3.8, 4) is 0 Å². The van der Waals surface area contributed by atoms with Crippen molar-refractivity contribution >= 4 is 0 Å². The quantitative estimate of drug-likeness (QED) is 0.565. The Labute approximate surface area is 80.3 Å². The van der Waals surface area contributed by atoms with Crippen molar-refractivity contribution in [3.05, 3.63) is 47.5 Å². The van der Waals surface area contributed by atoms with Crippen LogP contribution in [0.4, 0.5) is 0 Å². The number of benzene rings is 1. The first kappa shape index (κ1) is 8.55. The molecule has 13 heavy (non-hydrogen) atoms. The van der Waals surface area contributed by atoms with Gasteiger partial charge < -0.3 is 0 Å². The summed E-state index contributed by atoms with van der Waals surface area (Å²) >= 11 is 0. The van der Waals surface area contributed by atoms with Crippen molar-refractivity contribution < 1.29 is 0 Å². The van der Waals surface area contributed by atoms with Crippen molar-refractivity contribution in [2.24, 2.45) is 0 Å². The van der Waals surface area contributed by atoms with E-state index >= 15 is 0 Å². The van der Waals surface area contributed by atoms with Gasteiger partial charge in [-0.15, -0.1) is 0 Å². The van der Waals surface area contributed by atoms with Gasteiger partial charge in [0, 0.05) is 0 Å². The van der Waals surface area contributed by atoms with Gasteiger partial charge in [0.25, 0.3) is 0 Å². The van der Waals surface area contributed by atoms with Crippen molar-refractivity contribution in [1.82, 2.24) is 0 Å². The van der Waals surface area contributed by atoms with Gasteiger partial charge in [0.1, 0.15) is 0 Å². The molecule has 1 aliphatic carbocycles. The molecule has 0 heterocycles. The second-order valence-electron chi connectivity index (χ2n) is 3.89. The van der Waals surface area contributed by atoms with Crippen LogP contribution in [0.15, 0.2) is 36.4 Å². The highest BCUT2D eigenvalue weighted by molar-refractivity contribution is 5.25. The van der Waals surface area contributed by atoms with E-state index in [1.54, 1.807) is 0 Å². The summed E-state index contributed by atoms with van der Waals surface area (Å²) in [7, 11) is 0. The molecule has 0 aromatic heterocycles. The summed E-state index contributed by atoms with van der Waals surface area (Å²) in [5.41, 5.74) is 2.87. The molecule has 0 fully saturated rings. The second-order valence-corrected chi connectivity index (χ2v) is 3.89. The van der Waals surface area contributed by atoms with Crippen LogP contribution in [0, 0.1) is 6.92 Å². The van der Waals surface area contributed by atoms with Gasteiger partial charge in [-0.3, -0.25) is 0 Å². The second kappa shape index (κ2) is 3.78.